The number of rotatable bonds is 8. The Bertz CT molecular complexity index is 729. The van der Waals surface area contributed by atoms with Crippen LogP contribution in [0.4, 0.5) is 0 Å². The maximum absolute atomic E-state index is 12.4. The summed E-state index contributed by atoms with van der Waals surface area (Å²) in [6.07, 6.45) is 0.213. The molecule has 0 aromatic heterocycles. The second kappa shape index (κ2) is 9.73. The van der Waals surface area contributed by atoms with Gasteiger partial charge < -0.3 is 15.5 Å². The lowest BCUT2D eigenvalue weighted by atomic mass is 10.0. The summed E-state index contributed by atoms with van der Waals surface area (Å²) in [4.78, 5) is 25.3. The van der Waals surface area contributed by atoms with Crippen molar-refractivity contribution in [1.82, 2.24) is 10.6 Å². The van der Waals surface area contributed by atoms with Gasteiger partial charge >= 0.3 is 0 Å². The van der Waals surface area contributed by atoms with E-state index in [9.17, 15) is 9.59 Å². The Balaban J connectivity index is 1.99. The van der Waals surface area contributed by atoms with Crippen LogP contribution in [0, 0.1) is 0 Å². The summed E-state index contributed by atoms with van der Waals surface area (Å²) >= 11 is 0. The van der Waals surface area contributed by atoms with Gasteiger partial charge in [-0.25, -0.2) is 0 Å². The van der Waals surface area contributed by atoms with E-state index < -0.39 is 0 Å². The van der Waals surface area contributed by atoms with E-state index in [-0.39, 0.29) is 24.3 Å². The molecule has 0 saturated heterocycles. The molecule has 0 heterocycles. The van der Waals surface area contributed by atoms with Gasteiger partial charge in [-0.3, -0.25) is 9.59 Å². The molecule has 0 unspecified atom stereocenters. The molecule has 0 radical (unpaired) electrons. The fourth-order valence-corrected chi connectivity index (χ4v) is 2.92. The highest BCUT2D eigenvalue weighted by Crippen LogP contribution is 2.16. The molecule has 2 rings (SSSR count). The molecule has 2 amide bonds. The molecule has 2 aromatic carbocycles. The average Bonchev–Trinajstić information content (AvgIpc) is 2.60. The van der Waals surface area contributed by atoms with Gasteiger partial charge in [0, 0.05) is 19.0 Å². The first-order valence-corrected chi connectivity index (χ1v) is 8.90. The molecule has 5 nitrogen and oxygen atoms in total. The van der Waals surface area contributed by atoms with Gasteiger partial charge in [-0.2, -0.15) is 0 Å². The van der Waals surface area contributed by atoms with Crippen LogP contribution in [0.3, 0.4) is 0 Å². The van der Waals surface area contributed by atoms with Crippen LogP contribution in [0.2, 0.25) is 0 Å². The minimum absolute atomic E-state index is 0.0837. The molecule has 5 heteroatoms. The van der Waals surface area contributed by atoms with Crippen molar-refractivity contribution >= 4 is 11.8 Å². The smallest absolute Gasteiger partial charge is 0.222 e. The Morgan fingerprint density at radius 1 is 0.962 bits per heavy atom. The van der Waals surface area contributed by atoms with Gasteiger partial charge in [-0.15, -0.1) is 0 Å². The lowest BCUT2D eigenvalue weighted by molar-refractivity contribution is -0.872. The van der Waals surface area contributed by atoms with E-state index >= 15 is 0 Å². The standard InChI is InChI=1S/C21H27N3O2/c1-16(25)23-20(17-9-5-4-6-10-17)13-21(26)22-14-18-11-7-8-12-19(18)15-24(2)3/h4-12,20H,13-15H2,1-3H3,(H,22,26)(H,23,25)/p+1/t20-/m0/s1. The minimum atomic E-state index is -0.324. The van der Waals surface area contributed by atoms with Gasteiger partial charge in [0.1, 0.15) is 6.54 Å². The normalized spacial score (nSPS) is 11.8. The number of carbonyl (C=O) groups is 2. The van der Waals surface area contributed by atoms with Crippen molar-refractivity contribution < 1.29 is 14.5 Å². The number of benzene rings is 2. The van der Waals surface area contributed by atoms with E-state index in [0.29, 0.717) is 6.54 Å². The van der Waals surface area contributed by atoms with Crippen molar-refractivity contribution in [3.63, 3.8) is 0 Å². The minimum Gasteiger partial charge on any atom is -0.352 e. The van der Waals surface area contributed by atoms with Gasteiger partial charge in [0.05, 0.1) is 26.6 Å². The number of carbonyl (C=O) groups excluding carboxylic acids is 2. The van der Waals surface area contributed by atoms with Crippen molar-refractivity contribution in [2.24, 2.45) is 0 Å². The summed E-state index contributed by atoms with van der Waals surface area (Å²) in [7, 11) is 4.21. The van der Waals surface area contributed by atoms with Gasteiger partial charge in [0.2, 0.25) is 11.8 Å². The highest BCUT2D eigenvalue weighted by Gasteiger charge is 2.17. The highest BCUT2D eigenvalue weighted by atomic mass is 16.2. The summed E-state index contributed by atoms with van der Waals surface area (Å²) in [5, 5.41) is 5.85. The molecule has 0 aliphatic rings. The number of amides is 2. The molecule has 0 aliphatic carbocycles. The second-order valence-electron chi connectivity index (χ2n) is 6.80. The van der Waals surface area contributed by atoms with Crippen LogP contribution in [0.15, 0.2) is 54.6 Å². The Morgan fingerprint density at radius 3 is 2.19 bits per heavy atom. The van der Waals surface area contributed by atoms with E-state index in [1.54, 1.807) is 0 Å². The number of hydrogen-bond donors (Lipinski definition) is 3. The molecule has 2 aromatic rings. The van der Waals surface area contributed by atoms with Gasteiger partial charge in [0.25, 0.3) is 0 Å². The number of hydrogen-bond acceptors (Lipinski definition) is 2. The first-order valence-electron chi connectivity index (χ1n) is 8.90. The highest BCUT2D eigenvalue weighted by molar-refractivity contribution is 5.79. The molecule has 0 spiro atoms. The van der Waals surface area contributed by atoms with Crippen molar-refractivity contribution in [3.05, 3.63) is 71.3 Å². The van der Waals surface area contributed by atoms with E-state index in [2.05, 4.69) is 30.8 Å². The average molecular weight is 354 g/mol. The Morgan fingerprint density at radius 2 is 1.58 bits per heavy atom. The Hall–Kier alpha value is -2.66. The zero-order valence-electron chi connectivity index (χ0n) is 15.7. The predicted molar refractivity (Wildman–Crippen MR) is 102 cm³/mol. The molecule has 0 fully saturated rings. The van der Waals surface area contributed by atoms with Gasteiger partial charge in [0.15, 0.2) is 0 Å². The second-order valence-corrected chi connectivity index (χ2v) is 6.80. The first kappa shape index (κ1) is 19.7. The van der Waals surface area contributed by atoms with Crippen molar-refractivity contribution in [3.8, 4) is 0 Å². The quantitative estimate of drug-likeness (QED) is 0.667. The third kappa shape index (κ3) is 6.33. The zero-order chi connectivity index (χ0) is 18.9. The maximum Gasteiger partial charge on any atom is 0.222 e. The zero-order valence-corrected chi connectivity index (χ0v) is 15.7. The van der Waals surface area contributed by atoms with Crippen LogP contribution >= 0.6 is 0 Å². The van der Waals surface area contributed by atoms with Crippen molar-refractivity contribution in [1.29, 1.82) is 0 Å². The van der Waals surface area contributed by atoms with Crippen LogP contribution in [-0.2, 0) is 22.7 Å². The van der Waals surface area contributed by atoms with Crippen LogP contribution in [0.25, 0.3) is 0 Å². The molecule has 0 aliphatic heterocycles. The van der Waals surface area contributed by atoms with Gasteiger partial charge in [-0.1, -0.05) is 54.6 Å². The summed E-state index contributed by atoms with van der Waals surface area (Å²) in [5.74, 6) is -0.231. The molecular formula is C21H28N3O2+. The SMILES string of the molecule is CC(=O)N[C@@H](CC(=O)NCc1ccccc1C[NH+](C)C)c1ccccc1. The molecular weight excluding hydrogens is 326 g/mol. The fourth-order valence-electron chi connectivity index (χ4n) is 2.92. The van der Waals surface area contributed by atoms with E-state index in [0.717, 1.165) is 17.7 Å². The third-order valence-electron chi connectivity index (χ3n) is 4.11. The molecule has 0 bridgehead atoms. The largest absolute Gasteiger partial charge is 0.352 e. The van der Waals surface area contributed by atoms with Crippen LogP contribution in [-0.4, -0.2) is 25.9 Å². The van der Waals surface area contributed by atoms with Crippen LogP contribution < -0.4 is 15.5 Å². The lowest BCUT2D eigenvalue weighted by Gasteiger charge is -2.18. The fraction of sp³-hybridized carbons (Fsp3) is 0.333. The third-order valence-corrected chi connectivity index (χ3v) is 4.11. The topological polar surface area (TPSA) is 62.6 Å². The number of nitrogens with one attached hydrogen (secondary N) is 3. The Kier molecular flexibility index (Phi) is 7.36. The molecule has 26 heavy (non-hydrogen) atoms. The number of quaternary nitrogens is 1. The maximum atomic E-state index is 12.4. The van der Waals surface area contributed by atoms with E-state index in [1.165, 1.54) is 17.4 Å². The van der Waals surface area contributed by atoms with Crippen LogP contribution in [0.1, 0.15) is 36.1 Å². The van der Waals surface area contributed by atoms with Crippen molar-refractivity contribution in [2.45, 2.75) is 32.5 Å². The summed E-state index contributed by atoms with van der Waals surface area (Å²) < 4.78 is 0. The molecule has 3 N–H and O–H groups in total. The summed E-state index contributed by atoms with van der Waals surface area (Å²) in [6.45, 7) is 2.86. The monoisotopic (exact) mass is 354 g/mol. The lowest BCUT2D eigenvalue weighted by Crippen LogP contribution is -3.04. The van der Waals surface area contributed by atoms with E-state index in [4.69, 9.17) is 0 Å². The van der Waals surface area contributed by atoms with Crippen LogP contribution in [0.5, 0.6) is 0 Å². The molecule has 138 valence electrons. The van der Waals surface area contributed by atoms with Crippen molar-refractivity contribution in [2.75, 3.05) is 14.1 Å². The predicted octanol–water partition coefficient (Wildman–Crippen LogP) is 1.21. The summed E-state index contributed by atoms with van der Waals surface area (Å²) in [5.41, 5.74) is 3.28. The first-order chi connectivity index (χ1) is 12.5. The molecule has 0 saturated carbocycles. The summed E-state index contributed by atoms with van der Waals surface area (Å²) in [6, 6.07) is 17.4. The van der Waals surface area contributed by atoms with Gasteiger partial charge in [-0.05, 0) is 11.1 Å². The molecule has 1 atom stereocenters. The van der Waals surface area contributed by atoms with E-state index in [1.807, 2.05) is 48.5 Å². The Labute approximate surface area is 155 Å².